The molecule has 1 aliphatic heterocycles. The largest absolute Gasteiger partial charge is 0.489 e. The molecule has 3 heteroatoms. The number of hydrogen-bond acceptors (Lipinski definition) is 3. The van der Waals surface area contributed by atoms with Gasteiger partial charge in [-0.1, -0.05) is 17.7 Å². The summed E-state index contributed by atoms with van der Waals surface area (Å²) < 4.78 is 6.05. The van der Waals surface area contributed by atoms with E-state index >= 15 is 0 Å². The molecule has 2 nitrogen and oxygen atoms in total. The van der Waals surface area contributed by atoms with E-state index in [2.05, 4.69) is 55.3 Å². The summed E-state index contributed by atoms with van der Waals surface area (Å²) in [6.45, 7) is 9.46. The van der Waals surface area contributed by atoms with Crippen LogP contribution in [-0.2, 0) is 13.1 Å². The molecule has 0 fully saturated rings. The van der Waals surface area contributed by atoms with Crippen LogP contribution in [0.5, 0.6) is 5.75 Å². The van der Waals surface area contributed by atoms with E-state index in [-0.39, 0.29) is 6.10 Å². The maximum Gasteiger partial charge on any atom is 0.124 e. The first-order valence-electron chi connectivity index (χ1n) is 7.13. The summed E-state index contributed by atoms with van der Waals surface area (Å²) in [5.74, 6) is 1.05. The van der Waals surface area contributed by atoms with Crippen molar-refractivity contribution < 1.29 is 4.74 Å². The van der Waals surface area contributed by atoms with E-state index in [1.165, 1.54) is 21.6 Å². The summed E-state index contributed by atoms with van der Waals surface area (Å²) in [7, 11) is 0. The molecule has 20 heavy (non-hydrogen) atoms. The minimum atomic E-state index is 0.235. The zero-order valence-corrected chi connectivity index (χ0v) is 13.2. The van der Waals surface area contributed by atoms with Crippen molar-refractivity contribution in [1.82, 2.24) is 4.90 Å². The first-order chi connectivity index (χ1) is 9.61. The van der Waals surface area contributed by atoms with Gasteiger partial charge in [-0.2, -0.15) is 0 Å². The SMILES string of the molecule is Cc1ccc2c(c1)CN(Cc1sccc1C)C[C@H](C)O2. The number of fused-ring (bicyclic) bond motifs is 1. The molecule has 0 radical (unpaired) electrons. The van der Waals surface area contributed by atoms with Gasteiger partial charge < -0.3 is 4.74 Å². The lowest BCUT2D eigenvalue weighted by Crippen LogP contribution is -2.30. The lowest BCUT2D eigenvalue weighted by Gasteiger charge is -2.21. The molecule has 0 saturated carbocycles. The summed E-state index contributed by atoms with van der Waals surface area (Å²) in [6, 6.07) is 8.70. The summed E-state index contributed by atoms with van der Waals surface area (Å²) in [4.78, 5) is 3.96. The van der Waals surface area contributed by atoms with E-state index in [1.807, 2.05) is 11.3 Å². The van der Waals surface area contributed by atoms with Gasteiger partial charge in [0.2, 0.25) is 0 Å². The molecule has 2 heterocycles. The molecule has 0 bridgehead atoms. The number of ether oxygens (including phenoxy) is 1. The van der Waals surface area contributed by atoms with Crippen LogP contribution < -0.4 is 4.74 Å². The van der Waals surface area contributed by atoms with Crippen LogP contribution >= 0.6 is 11.3 Å². The highest BCUT2D eigenvalue weighted by atomic mass is 32.1. The Kier molecular flexibility index (Phi) is 3.81. The van der Waals surface area contributed by atoms with Crippen LogP contribution in [0.1, 0.15) is 28.5 Å². The molecule has 2 aromatic rings. The average Bonchev–Trinajstić information content (AvgIpc) is 2.70. The van der Waals surface area contributed by atoms with Gasteiger partial charge in [0.15, 0.2) is 0 Å². The molecule has 0 unspecified atom stereocenters. The molecule has 1 atom stereocenters. The van der Waals surface area contributed by atoms with Crippen LogP contribution in [0.15, 0.2) is 29.6 Å². The van der Waals surface area contributed by atoms with E-state index in [1.54, 1.807) is 0 Å². The van der Waals surface area contributed by atoms with Crippen molar-refractivity contribution in [2.45, 2.75) is 40.0 Å². The Morgan fingerprint density at radius 3 is 2.90 bits per heavy atom. The van der Waals surface area contributed by atoms with Crippen molar-refractivity contribution in [2.75, 3.05) is 6.54 Å². The number of nitrogens with zero attached hydrogens (tertiary/aromatic N) is 1. The van der Waals surface area contributed by atoms with Crippen molar-refractivity contribution >= 4 is 11.3 Å². The Labute approximate surface area is 125 Å². The van der Waals surface area contributed by atoms with Crippen molar-refractivity contribution in [2.24, 2.45) is 0 Å². The fourth-order valence-corrected chi connectivity index (χ4v) is 3.71. The first-order valence-corrected chi connectivity index (χ1v) is 8.01. The lowest BCUT2D eigenvalue weighted by atomic mass is 10.1. The molecule has 1 aromatic carbocycles. The molecule has 0 saturated heterocycles. The Morgan fingerprint density at radius 2 is 2.15 bits per heavy atom. The second kappa shape index (κ2) is 5.58. The highest BCUT2D eigenvalue weighted by Crippen LogP contribution is 2.28. The minimum absolute atomic E-state index is 0.235. The molecule has 1 aliphatic rings. The highest BCUT2D eigenvalue weighted by molar-refractivity contribution is 7.10. The van der Waals surface area contributed by atoms with Crippen LogP contribution in [0, 0.1) is 13.8 Å². The number of aryl methyl sites for hydroxylation is 2. The van der Waals surface area contributed by atoms with Crippen molar-refractivity contribution in [1.29, 1.82) is 0 Å². The first kappa shape index (κ1) is 13.7. The van der Waals surface area contributed by atoms with Gasteiger partial charge in [-0.25, -0.2) is 0 Å². The number of thiophene rings is 1. The summed E-state index contributed by atoms with van der Waals surface area (Å²) in [5.41, 5.74) is 4.01. The fourth-order valence-electron chi connectivity index (χ4n) is 2.76. The molecule has 0 amide bonds. The number of hydrogen-bond donors (Lipinski definition) is 0. The van der Waals surface area contributed by atoms with Gasteiger partial charge in [-0.3, -0.25) is 4.90 Å². The zero-order chi connectivity index (χ0) is 14.1. The van der Waals surface area contributed by atoms with E-state index in [9.17, 15) is 0 Å². The maximum atomic E-state index is 6.05. The standard InChI is InChI=1S/C17H21NOS/c1-12-4-5-16-15(8-12)10-18(9-14(3)19-16)11-17-13(2)6-7-20-17/h4-8,14H,9-11H2,1-3H3/t14-/m0/s1. The van der Waals surface area contributed by atoms with Gasteiger partial charge >= 0.3 is 0 Å². The third kappa shape index (κ3) is 2.89. The Morgan fingerprint density at radius 1 is 1.30 bits per heavy atom. The normalized spacial score (nSPS) is 19.2. The van der Waals surface area contributed by atoms with E-state index in [0.29, 0.717) is 0 Å². The van der Waals surface area contributed by atoms with Crippen LogP contribution in [0.25, 0.3) is 0 Å². The Bertz CT molecular complexity index is 605. The van der Waals surface area contributed by atoms with Crippen LogP contribution in [0.2, 0.25) is 0 Å². The van der Waals surface area contributed by atoms with E-state index in [4.69, 9.17) is 4.74 Å². The maximum absolute atomic E-state index is 6.05. The van der Waals surface area contributed by atoms with Gasteiger partial charge in [0.25, 0.3) is 0 Å². The molecule has 3 rings (SSSR count). The Balaban J connectivity index is 1.84. The molecule has 0 spiro atoms. The van der Waals surface area contributed by atoms with Gasteiger partial charge in [0.1, 0.15) is 11.9 Å². The fraction of sp³-hybridized carbons (Fsp3) is 0.412. The smallest absolute Gasteiger partial charge is 0.124 e. The topological polar surface area (TPSA) is 12.5 Å². The van der Waals surface area contributed by atoms with Crippen molar-refractivity contribution in [3.8, 4) is 5.75 Å². The monoisotopic (exact) mass is 287 g/mol. The number of rotatable bonds is 2. The minimum Gasteiger partial charge on any atom is -0.489 e. The number of benzene rings is 1. The van der Waals surface area contributed by atoms with Crippen LogP contribution in [0.4, 0.5) is 0 Å². The molecule has 0 aliphatic carbocycles. The summed E-state index contributed by atoms with van der Waals surface area (Å²) >= 11 is 1.85. The van der Waals surface area contributed by atoms with E-state index in [0.717, 1.165) is 25.4 Å². The molecule has 0 N–H and O–H groups in total. The zero-order valence-electron chi connectivity index (χ0n) is 12.3. The van der Waals surface area contributed by atoms with Crippen molar-refractivity contribution in [3.63, 3.8) is 0 Å². The quantitative estimate of drug-likeness (QED) is 0.823. The van der Waals surface area contributed by atoms with Crippen molar-refractivity contribution in [3.05, 3.63) is 51.2 Å². The van der Waals surface area contributed by atoms with Crippen LogP contribution in [-0.4, -0.2) is 17.5 Å². The summed E-state index contributed by atoms with van der Waals surface area (Å²) in [5, 5.41) is 2.18. The summed E-state index contributed by atoms with van der Waals surface area (Å²) in [6.07, 6.45) is 0.235. The van der Waals surface area contributed by atoms with Gasteiger partial charge in [-0.15, -0.1) is 11.3 Å². The Hall–Kier alpha value is -1.32. The second-order valence-electron chi connectivity index (χ2n) is 5.74. The third-order valence-electron chi connectivity index (χ3n) is 3.79. The molecular formula is C17H21NOS. The predicted molar refractivity (Wildman–Crippen MR) is 84.4 cm³/mol. The molecular weight excluding hydrogens is 266 g/mol. The molecule has 1 aromatic heterocycles. The lowest BCUT2D eigenvalue weighted by molar-refractivity contribution is 0.157. The van der Waals surface area contributed by atoms with Gasteiger partial charge in [-0.05, 0) is 43.8 Å². The average molecular weight is 287 g/mol. The molecule has 106 valence electrons. The van der Waals surface area contributed by atoms with Gasteiger partial charge in [0, 0.05) is 30.1 Å². The predicted octanol–water partition coefficient (Wildman–Crippen LogP) is 4.15. The second-order valence-corrected chi connectivity index (χ2v) is 6.74. The van der Waals surface area contributed by atoms with Gasteiger partial charge in [0.05, 0.1) is 0 Å². The highest BCUT2D eigenvalue weighted by Gasteiger charge is 2.20. The third-order valence-corrected chi connectivity index (χ3v) is 4.80. The van der Waals surface area contributed by atoms with Crippen LogP contribution in [0.3, 0.4) is 0 Å². The van der Waals surface area contributed by atoms with E-state index < -0.39 is 0 Å².